The highest BCUT2D eigenvalue weighted by atomic mass is 32.1. The highest BCUT2D eigenvalue weighted by molar-refractivity contribution is 7.09. The van der Waals surface area contributed by atoms with E-state index in [2.05, 4.69) is 34.2 Å². The summed E-state index contributed by atoms with van der Waals surface area (Å²) in [5.74, 6) is 0.770. The number of hydrogen-bond acceptors (Lipinski definition) is 4. The van der Waals surface area contributed by atoms with Crippen molar-refractivity contribution in [3.05, 3.63) is 22.4 Å². The second-order valence-electron chi connectivity index (χ2n) is 5.94. The first-order valence-electron chi connectivity index (χ1n) is 7.48. The van der Waals surface area contributed by atoms with Gasteiger partial charge in [-0.25, -0.2) is 0 Å². The zero-order valence-electron chi connectivity index (χ0n) is 11.8. The molecule has 106 valence electrons. The van der Waals surface area contributed by atoms with E-state index in [1.807, 2.05) is 11.3 Å². The largest absolute Gasteiger partial charge is 0.329 e. The highest BCUT2D eigenvalue weighted by Gasteiger charge is 2.48. The fourth-order valence-electron chi connectivity index (χ4n) is 4.02. The first-order valence-corrected chi connectivity index (χ1v) is 8.36. The molecule has 4 heteroatoms. The molecule has 3 nitrogen and oxygen atoms in total. The summed E-state index contributed by atoms with van der Waals surface area (Å²) in [6.45, 7) is 9.04. The minimum atomic E-state index is 0.242. The van der Waals surface area contributed by atoms with E-state index in [9.17, 15) is 0 Å². The van der Waals surface area contributed by atoms with E-state index in [1.54, 1.807) is 0 Å². The van der Waals surface area contributed by atoms with Gasteiger partial charge in [0.2, 0.25) is 0 Å². The van der Waals surface area contributed by atoms with Crippen LogP contribution in [0.5, 0.6) is 0 Å². The normalized spacial score (nSPS) is 34.1. The molecule has 0 amide bonds. The van der Waals surface area contributed by atoms with E-state index in [-0.39, 0.29) is 5.54 Å². The molecule has 2 aliphatic rings. The van der Waals surface area contributed by atoms with Crippen molar-refractivity contribution in [1.82, 2.24) is 9.80 Å². The summed E-state index contributed by atoms with van der Waals surface area (Å²) in [5, 5.41) is 2.18. The predicted molar refractivity (Wildman–Crippen MR) is 81.4 cm³/mol. The molecular weight excluding hydrogens is 254 g/mol. The lowest BCUT2D eigenvalue weighted by molar-refractivity contribution is 0.00590. The van der Waals surface area contributed by atoms with Gasteiger partial charge in [0.05, 0.1) is 0 Å². The van der Waals surface area contributed by atoms with Crippen LogP contribution in [0.15, 0.2) is 17.5 Å². The third-order valence-electron chi connectivity index (χ3n) is 5.19. The van der Waals surface area contributed by atoms with Crippen LogP contribution < -0.4 is 5.73 Å². The fraction of sp³-hybridized carbons (Fsp3) is 0.733. The number of piperidine rings is 1. The average Bonchev–Trinajstić information content (AvgIpc) is 3.08. The molecular formula is C15H25N3S. The Kier molecular flexibility index (Phi) is 3.94. The second kappa shape index (κ2) is 5.52. The van der Waals surface area contributed by atoms with Crippen LogP contribution in [0.25, 0.3) is 0 Å². The molecule has 0 radical (unpaired) electrons. The lowest BCUT2D eigenvalue weighted by Crippen LogP contribution is -2.61. The Labute approximate surface area is 120 Å². The van der Waals surface area contributed by atoms with Crippen LogP contribution in [0.3, 0.4) is 0 Å². The van der Waals surface area contributed by atoms with Crippen molar-refractivity contribution >= 4 is 11.3 Å². The first-order chi connectivity index (χ1) is 9.28. The van der Waals surface area contributed by atoms with Crippen LogP contribution in [0.4, 0.5) is 0 Å². The predicted octanol–water partition coefficient (Wildman–Crippen LogP) is 1.99. The number of fused-ring (bicyclic) bond motifs is 2. The second-order valence-corrected chi connectivity index (χ2v) is 6.97. The molecule has 2 N–H and O–H groups in total. The van der Waals surface area contributed by atoms with Crippen molar-refractivity contribution in [1.29, 1.82) is 0 Å². The van der Waals surface area contributed by atoms with Crippen LogP contribution >= 0.6 is 11.3 Å². The van der Waals surface area contributed by atoms with Crippen molar-refractivity contribution in [2.24, 2.45) is 11.7 Å². The van der Waals surface area contributed by atoms with Crippen molar-refractivity contribution in [2.75, 3.05) is 32.7 Å². The van der Waals surface area contributed by atoms with Crippen molar-refractivity contribution in [3.8, 4) is 0 Å². The molecule has 0 aromatic carbocycles. The molecule has 1 aromatic heterocycles. The van der Waals surface area contributed by atoms with Gasteiger partial charge in [-0.3, -0.25) is 4.90 Å². The third kappa shape index (κ3) is 2.35. The summed E-state index contributed by atoms with van der Waals surface area (Å²) in [7, 11) is 0. The van der Waals surface area contributed by atoms with Crippen molar-refractivity contribution < 1.29 is 0 Å². The van der Waals surface area contributed by atoms with E-state index in [1.165, 1.54) is 37.4 Å². The molecule has 3 atom stereocenters. The number of thiophene rings is 1. The van der Waals surface area contributed by atoms with Gasteiger partial charge in [0.25, 0.3) is 0 Å². The van der Waals surface area contributed by atoms with Crippen LogP contribution in [-0.2, 0) is 6.54 Å². The molecule has 2 saturated heterocycles. The van der Waals surface area contributed by atoms with Crippen LogP contribution in [-0.4, -0.2) is 48.1 Å². The maximum absolute atomic E-state index is 6.27. The summed E-state index contributed by atoms with van der Waals surface area (Å²) in [6, 6.07) is 4.41. The lowest BCUT2D eigenvalue weighted by atomic mass is 9.77. The Morgan fingerprint density at radius 3 is 3.11 bits per heavy atom. The lowest BCUT2D eigenvalue weighted by Gasteiger charge is -2.50. The van der Waals surface area contributed by atoms with Crippen LogP contribution in [0.1, 0.15) is 24.6 Å². The molecule has 0 aliphatic carbocycles. The SMILES string of the molecule is CCN(Cc1cccs1)C1(CN)CCN2CCC1C2. The van der Waals surface area contributed by atoms with Gasteiger partial charge in [0.15, 0.2) is 0 Å². The number of likely N-dealkylation sites (N-methyl/N-ethyl adjacent to an activating group) is 1. The maximum atomic E-state index is 6.27. The van der Waals surface area contributed by atoms with E-state index in [0.29, 0.717) is 0 Å². The number of nitrogens with zero attached hydrogens (tertiary/aromatic N) is 2. The van der Waals surface area contributed by atoms with E-state index in [0.717, 1.165) is 25.6 Å². The molecule has 2 aliphatic heterocycles. The molecule has 2 bridgehead atoms. The van der Waals surface area contributed by atoms with Crippen LogP contribution in [0, 0.1) is 5.92 Å². The van der Waals surface area contributed by atoms with E-state index in [4.69, 9.17) is 5.73 Å². The number of hydrogen-bond donors (Lipinski definition) is 1. The number of rotatable bonds is 5. The minimum Gasteiger partial charge on any atom is -0.329 e. The van der Waals surface area contributed by atoms with E-state index >= 15 is 0 Å². The van der Waals surface area contributed by atoms with Gasteiger partial charge >= 0.3 is 0 Å². The van der Waals surface area contributed by atoms with Crippen molar-refractivity contribution in [2.45, 2.75) is 31.8 Å². The molecule has 3 unspecified atom stereocenters. The van der Waals surface area contributed by atoms with Gasteiger partial charge in [-0.2, -0.15) is 0 Å². The van der Waals surface area contributed by atoms with Gasteiger partial charge in [0, 0.05) is 30.1 Å². The Balaban J connectivity index is 1.82. The number of nitrogens with two attached hydrogens (primary N) is 1. The summed E-state index contributed by atoms with van der Waals surface area (Å²) in [4.78, 5) is 6.74. The standard InChI is InChI=1S/C15H25N3S/c1-2-18(11-14-4-3-9-19-14)15(12-16)6-8-17-7-5-13(15)10-17/h3-4,9,13H,2,5-8,10-12,16H2,1H3. The topological polar surface area (TPSA) is 32.5 Å². The Morgan fingerprint density at radius 1 is 1.53 bits per heavy atom. The van der Waals surface area contributed by atoms with E-state index < -0.39 is 0 Å². The summed E-state index contributed by atoms with van der Waals surface area (Å²) in [6.07, 6.45) is 2.57. The minimum absolute atomic E-state index is 0.242. The summed E-state index contributed by atoms with van der Waals surface area (Å²) >= 11 is 1.87. The smallest absolute Gasteiger partial charge is 0.0388 e. The maximum Gasteiger partial charge on any atom is 0.0388 e. The quantitative estimate of drug-likeness (QED) is 0.895. The molecule has 3 heterocycles. The molecule has 19 heavy (non-hydrogen) atoms. The van der Waals surface area contributed by atoms with Gasteiger partial charge in [-0.05, 0) is 49.8 Å². The Morgan fingerprint density at radius 2 is 2.42 bits per heavy atom. The highest BCUT2D eigenvalue weighted by Crippen LogP contribution is 2.40. The molecule has 1 aromatic rings. The zero-order chi connectivity index (χ0) is 13.3. The molecule has 2 fully saturated rings. The summed E-state index contributed by atoms with van der Waals surface area (Å²) < 4.78 is 0. The molecule has 0 saturated carbocycles. The third-order valence-corrected chi connectivity index (χ3v) is 6.05. The zero-order valence-corrected chi connectivity index (χ0v) is 12.7. The van der Waals surface area contributed by atoms with Gasteiger partial charge in [0.1, 0.15) is 0 Å². The van der Waals surface area contributed by atoms with Gasteiger partial charge < -0.3 is 10.6 Å². The molecule has 3 rings (SSSR count). The Hall–Kier alpha value is -0.420. The van der Waals surface area contributed by atoms with Gasteiger partial charge in [-0.15, -0.1) is 11.3 Å². The van der Waals surface area contributed by atoms with Gasteiger partial charge in [-0.1, -0.05) is 13.0 Å². The van der Waals surface area contributed by atoms with Crippen molar-refractivity contribution in [3.63, 3.8) is 0 Å². The monoisotopic (exact) mass is 279 g/mol. The van der Waals surface area contributed by atoms with Crippen LogP contribution in [0.2, 0.25) is 0 Å². The first kappa shape index (κ1) is 13.6. The fourth-order valence-corrected chi connectivity index (χ4v) is 4.74. The molecule has 0 spiro atoms. The summed E-state index contributed by atoms with van der Waals surface area (Å²) in [5.41, 5.74) is 6.51. The Bertz CT molecular complexity index is 406. The average molecular weight is 279 g/mol.